The van der Waals surface area contributed by atoms with Crippen LogP contribution in [0.3, 0.4) is 0 Å². The van der Waals surface area contributed by atoms with Gasteiger partial charge in [-0.2, -0.15) is 0 Å². The number of non-ortho nitro benzene ring substituents is 1. The number of benzene rings is 3. The van der Waals surface area contributed by atoms with Crippen LogP contribution in [0.25, 0.3) is 5.57 Å². The van der Waals surface area contributed by atoms with Crippen molar-refractivity contribution < 1.29 is 28.4 Å². The number of para-hydroxylation sites is 1. The molecule has 34 heavy (non-hydrogen) atoms. The number of nitro groups is 1. The first-order chi connectivity index (χ1) is 16.3. The number of nitrogens with one attached hydrogen (secondary N) is 1. The van der Waals surface area contributed by atoms with Crippen molar-refractivity contribution in [2.24, 2.45) is 0 Å². The molecule has 4 rings (SSSR count). The zero-order chi connectivity index (χ0) is 24.4. The van der Waals surface area contributed by atoms with Crippen LogP contribution in [0.1, 0.15) is 5.56 Å². The number of amides is 2. The Labute approximate surface area is 193 Å². The van der Waals surface area contributed by atoms with Crippen molar-refractivity contribution >= 4 is 34.4 Å². The molecule has 0 aliphatic carbocycles. The van der Waals surface area contributed by atoms with E-state index in [0.29, 0.717) is 17.2 Å². The van der Waals surface area contributed by atoms with Gasteiger partial charge in [0.15, 0.2) is 11.5 Å². The van der Waals surface area contributed by atoms with E-state index >= 15 is 0 Å². The van der Waals surface area contributed by atoms with E-state index in [9.17, 15) is 24.1 Å². The predicted octanol–water partition coefficient (Wildman–Crippen LogP) is 4.15. The van der Waals surface area contributed by atoms with E-state index in [-0.39, 0.29) is 28.2 Å². The third kappa shape index (κ3) is 3.92. The summed E-state index contributed by atoms with van der Waals surface area (Å²) in [7, 11) is 2.93. The average Bonchev–Trinajstić information content (AvgIpc) is 3.08. The smallest absolute Gasteiger partial charge is 0.282 e. The topological polar surface area (TPSA) is 111 Å². The summed E-state index contributed by atoms with van der Waals surface area (Å²) in [5.74, 6) is -1.46. The highest BCUT2D eigenvalue weighted by atomic mass is 19.1. The Bertz CT molecular complexity index is 1340. The average molecular weight is 463 g/mol. The second kappa shape index (κ2) is 9.02. The summed E-state index contributed by atoms with van der Waals surface area (Å²) in [4.78, 5) is 37.9. The predicted molar refractivity (Wildman–Crippen MR) is 122 cm³/mol. The zero-order valence-corrected chi connectivity index (χ0v) is 18.1. The first kappa shape index (κ1) is 22.5. The second-order valence-corrected chi connectivity index (χ2v) is 7.15. The summed E-state index contributed by atoms with van der Waals surface area (Å²) in [6.07, 6.45) is 0. The van der Waals surface area contributed by atoms with Crippen LogP contribution >= 0.6 is 0 Å². The van der Waals surface area contributed by atoms with E-state index in [1.54, 1.807) is 18.2 Å². The molecule has 1 aliphatic rings. The maximum Gasteiger partial charge on any atom is 0.282 e. The number of carbonyl (C=O) groups excluding carboxylic acids is 2. The van der Waals surface area contributed by atoms with E-state index in [0.717, 1.165) is 11.0 Å². The van der Waals surface area contributed by atoms with Gasteiger partial charge < -0.3 is 14.8 Å². The van der Waals surface area contributed by atoms with E-state index < -0.39 is 22.6 Å². The first-order valence-electron chi connectivity index (χ1n) is 9.97. The van der Waals surface area contributed by atoms with Gasteiger partial charge in [0.05, 0.1) is 30.4 Å². The van der Waals surface area contributed by atoms with Crippen molar-refractivity contribution in [1.29, 1.82) is 0 Å². The molecule has 0 radical (unpaired) electrons. The largest absolute Gasteiger partial charge is 0.493 e. The van der Waals surface area contributed by atoms with Gasteiger partial charge in [-0.3, -0.25) is 19.7 Å². The molecule has 0 fully saturated rings. The van der Waals surface area contributed by atoms with Gasteiger partial charge in [0.2, 0.25) is 0 Å². The molecule has 3 aromatic rings. The van der Waals surface area contributed by atoms with E-state index in [4.69, 9.17) is 9.47 Å². The molecule has 0 bridgehead atoms. The number of nitro benzene ring substituents is 1. The molecule has 172 valence electrons. The van der Waals surface area contributed by atoms with Gasteiger partial charge in [0.25, 0.3) is 17.5 Å². The van der Waals surface area contributed by atoms with Gasteiger partial charge in [0.1, 0.15) is 11.5 Å². The summed E-state index contributed by atoms with van der Waals surface area (Å²) in [5, 5.41) is 14.0. The van der Waals surface area contributed by atoms with Crippen LogP contribution < -0.4 is 19.7 Å². The number of halogens is 1. The molecule has 1 aliphatic heterocycles. The van der Waals surface area contributed by atoms with Crippen LogP contribution in [0.4, 0.5) is 21.5 Å². The Balaban J connectivity index is 1.83. The van der Waals surface area contributed by atoms with Gasteiger partial charge in [-0.1, -0.05) is 12.1 Å². The number of methoxy groups -OCH3 is 2. The fourth-order valence-corrected chi connectivity index (χ4v) is 3.57. The van der Waals surface area contributed by atoms with Crippen LogP contribution in [-0.2, 0) is 9.59 Å². The number of carbonyl (C=O) groups is 2. The number of imide groups is 1. The number of hydrogen-bond acceptors (Lipinski definition) is 7. The summed E-state index contributed by atoms with van der Waals surface area (Å²) in [6, 6.07) is 15.4. The second-order valence-electron chi connectivity index (χ2n) is 7.15. The minimum atomic E-state index is -0.779. The molecule has 3 aromatic carbocycles. The minimum Gasteiger partial charge on any atom is -0.493 e. The zero-order valence-electron chi connectivity index (χ0n) is 18.1. The summed E-state index contributed by atoms with van der Waals surface area (Å²) in [5.41, 5.74) is 0.101. The lowest BCUT2D eigenvalue weighted by Gasteiger charge is -2.16. The summed E-state index contributed by atoms with van der Waals surface area (Å²) in [6.45, 7) is 0. The van der Waals surface area contributed by atoms with Crippen LogP contribution in [0.2, 0.25) is 0 Å². The Morgan fingerprint density at radius 2 is 1.59 bits per heavy atom. The lowest BCUT2D eigenvalue weighted by molar-refractivity contribution is -0.384. The summed E-state index contributed by atoms with van der Waals surface area (Å²) >= 11 is 0. The number of rotatable bonds is 7. The Hall–Kier alpha value is -4.73. The molecule has 1 N–H and O–H groups in total. The number of nitrogens with zero attached hydrogens (tertiary/aromatic N) is 2. The Morgan fingerprint density at radius 3 is 2.21 bits per heavy atom. The maximum absolute atomic E-state index is 14.5. The van der Waals surface area contributed by atoms with E-state index in [1.807, 2.05) is 0 Å². The lowest BCUT2D eigenvalue weighted by Crippen LogP contribution is -2.33. The Morgan fingerprint density at radius 1 is 0.912 bits per heavy atom. The van der Waals surface area contributed by atoms with E-state index in [2.05, 4.69) is 5.32 Å². The van der Waals surface area contributed by atoms with E-state index in [1.165, 1.54) is 56.7 Å². The van der Waals surface area contributed by atoms with Crippen LogP contribution in [0.15, 0.2) is 72.4 Å². The van der Waals surface area contributed by atoms with Crippen LogP contribution in [0, 0.1) is 15.9 Å². The van der Waals surface area contributed by atoms with Crippen molar-refractivity contribution in [3.05, 3.63) is 93.9 Å². The fourth-order valence-electron chi connectivity index (χ4n) is 3.57. The monoisotopic (exact) mass is 463 g/mol. The third-order valence-electron chi connectivity index (χ3n) is 5.20. The summed E-state index contributed by atoms with van der Waals surface area (Å²) < 4.78 is 25.0. The molecule has 0 spiro atoms. The quantitative estimate of drug-likeness (QED) is 0.318. The van der Waals surface area contributed by atoms with Crippen LogP contribution in [0.5, 0.6) is 11.5 Å². The number of ether oxygens (including phenoxy) is 2. The highest BCUT2D eigenvalue weighted by Crippen LogP contribution is 2.37. The van der Waals surface area contributed by atoms with Crippen LogP contribution in [-0.4, -0.2) is 31.0 Å². The normalized spacial score (nSPS) is 13.3. The minimum absolute atomic E-state index is 0.0575. The van der Waals surface area contributed by atoms with Gasteiger partial charge >= 0.3 is 0 Å². The highest BCUT2D eigenvalue weighted by molar-refractivity contribution is 6.46. The molecule has 0 saturated heterocycles. The van der Waals surface area contributed by atoms with Gasteiger partial charge in [0, 0.05) is 23.9 Å². The number of hydrogen-bond donors (Lipinski definition) is 1. The molecule has 0 atom stereocenters. The highest BCUT2D eigenvalue weighted by Gasteiger charge is 2.41. The Kier molecular flexibility index (Phi) is 5.96. The molecule has 0 saturated carbocycles. The fraction of sp³-hybridized carbons (Fsp3) is 0.0833. The molecular weight excluding hydrogens is 445 g/mol. The standard InChI is InChI=1S/C24H18FN3O6/c1-33-19-12-9-15(13-20(19)34-2)26-22-21(14-7-10-16(11-8-14)28(31)32)23(29)27(24(22)30)18-6-4-3-5-17(18)25/h3-13,26H,1-2H3. The van der Waals surface area contributed by atoms with Crippen molar-refractivity contribution in [2.45, 2.75) is 0 Å². The van der Waals surface area contributed by atoms with Gasteiger partial charge in [-0.25, -0.2) is 9.29 Å². The van der Waals surface area contributed by atoms with Gasteiger partial charge in [-0.05, 0) is 42.0 Å². The lowest BCUT2D eigenvalue weighted by atomic mass is 10.0. The first-order valence-corrected chi connectivity index (χ1v) is 9.97. The van der Waals surface area contributed by atoms with Crippen molar-refractivity contribution in [1.82, 2.24) is 0 Å². The molecular formula is C24H18FN3O6. The van der Waals surface area contributed by atoms with Crippen molar-refractivity contribution in [2.75, 3.05) is 24.4 Å². The molecule has 0 aromatic heterocycles. The number of anilines is 2. The van der Waals surface area contributed by atoms with Crippen molar-refractivity contribution in [3.8, 4) is 11.5 Å². The molecule has 1 heterocycles. The molecule has 0 unspecified atom stereocenters. The SMILES string of the molecule is COc1ccc(NC2=C(c3ccc([N+](=O)[O-])cc3)C(=O)N(c3ccccc3F)C2=O)cc1OC. The molecule has 2 amide bonds. The maximum atomic E-state index is 14.5. The van der Waals surface area contributed by atoms with Crippen molar-refractivity contribution in [3.63, 3.8) is 0 Å². The molecule has 10 heteroatoms. The molecule has 9 nitrogen and oxygen atoms in total. The third-order valence-corrected chi connectivity index (χ3v) is 5.20. The van der Waals surface area contributed by atoms with Gasteiger partial charge in [-0.15, -0.1) is 0 Å².